The number of aromatic amines is 1. The number of halogens is 2. The van der Waals surface area contributed by atoms with Crippen LogP contribution in [0, 0.1) is 4.43 Å². The SMILES string of the molecule is C.C1CCOC1.C1CCONC1.CCCNc1nc(Cl)nc(NCCC)n1.CCCNc1nc(NCCC)[nH+]c(N2CCCCO2)n1.CCCNc1nc(NCCC)nc(N2CCCCO2)n1.CC[CH-]I.O=S(=O)(O)O.O=S([O-])O[O-].[V]. The van der Waals surface area contributed by atoms with Crippen molar-refractivity contribution in [3.05, 3.63) is 9.71 Å². The maximum Gasteiger partial charge on any atom is 0.394 e. The third-order valence-electron chi connectivity index (χ3n) is 9.48. The Balaban J connectivity index is -0.000000938. The van der Waals surface area contributed by atoms with Crippen LogP contribution in [0.4, 0.5) is 47.6 Å². The Hall–Kier alpha value is -3.27. The van der Waals surface area contributed by atoms with E-state index >= 15 is 0 Å². The fraction of sp³-hybridized carbons (Fsp3) is 0.787. The number of hydroxylamine groups is 3. The second-order valence-electron chi connectivity index (χ2n) is 16.8. The van der Waals surface area contributed by atoms with Crippen LogP contribution in [-0.2, 0) is 63.9 Å². The van der Waals surface area contributed by atoms with Gasteiger partial charge in [-0.1, -0.05) is 65.9 Å². The van der Waals surface area contributed by atoms with Crippen LogP contribution in [0.2, 0.25) is 5.28 Å². The fourth-order valence-corrected chi connectivity index (χ4v) is 5.95. The van der Waals surface area contributed by atoms with Crippen LogP contribution in [0.15, 0.2) is 0 Å². The largest absolute Gasteiger partial charge is 0.750 e. The van der Waals surface area contributed by atoms with Crippen LogP contribution < -0.4 is 57.7 Å². The van der Waals surface area contributed by atoms with E-state index in [9.17, 15) is 0 Å². The van der Waals surface area contributed by atoms with E-state index in [1.54, 1.807) is 5.06 Å². The molecule has 0 bridgehead atoms. The standard InChI is InChI=1S/2C13H24N6O.C9H16ClN5.C4H9NO.C4H8O.C3H6I.CH4.2H2O4S.V/c2*1-3-7-14-11-16-12(15-8-4-2)18-13(17-11)19-9-5-6-10-20-19;1-3-5-11-8-13-7(10)14-9(15-8)12-6-4-2;1-2-4-6-5-3-1;1-2-4-5-3-1;1-2-3-4;;1-5(2,3)4;1-4-5(2)3;/h2*3-10H2,1-2H3,(H2,14,15,16,17,18);3-6H2,1-2H3,(H2,11,12,13,14,15);5H,1-4H2;1-4H2;3H,2H2,1H3;1H4;(H2,1,2,3,4);1H,(H,2,3);/q;;;;;-1;;;;/p-1. The van der Waals surface area contributed by atoms with Crippen LogP contribution >= 0.6 is 34.2 Å². The Kier molecular flexibility index (Phi) is 57.5. The van der Waals surface area contributed by atoms with Gasteiger partial charge in [0.1, 0.15) is 0 Å². The van der Waals surface area contributed by atoms with E-state index in [4.69, 9.17) is 62.4 Å². The molecule has 7 rings (SSSR count). The minimum absolute atomic E-state index is 0. The van der Waals surface area contributed by atoms with Gasteiger partial charge in [0.15, 0.2) is 0 Å². The van der Waals surface area contributed by atoms with Crippen molar-refractivity contribution in [3.63, 3.8) is 0 Å². The molecule has 0 amide bonds. The molecule has 477 valence electrons. The summed E-state index contributed by atoms with van der Waals surface area (Å²) in [6, 6.07) is 0. The Bertz CT molecular complexity index is 1900. The molecule has 4 aliphatic heterocycles. The van der Waals surface area contributed by atoms with Gasteiger partial charge < -0.3 is 78.2 Å². The van der Waals surface area contributed by atoms with Crippen LogP contribution in [0.1, 0.15) is 152 Å². The third-order valence-corrected chi connectivity index (χ3v) is 10.6. The summed E-state index contributed by atoms with van der Waals surface area (Å²) in [7, 11) is -4.67. The summed E-state index contributed by atoms with van der Waals surface area (Å²) in [5.74, 6) is 4.90. The molecule has 1 unspecified atom stereocenters. The molecule has 82 heavy (non-hydrogen) atoms. The zero-order chi connectivity index (χ0) is 59.5. The first-order chi connectivity index (χ1) is 38.6. The molecule has 7 heterocycles. The van der Waals surface area contributed by atoms with Crippen LogP contribution in [0.3, 0.4) is 0 Å². The van der Waals surface area contributed by atoms with Crippen molar-refractivity contribution >= 4 is 104 Å². The second kappa shape index (κ2) is 56.8. The summed E-state index contributed by atoms with van der Waals surface area (Å²) in [4.78, 5) is 53.5. The summed E-state index contributed by atoms with van der Waals surface area (Å²) >= 11 is 5.11. The number of ether oxygens (including phenoxy) is 1. The van der Waals surface area contributed by atoms with Gasteiger partial charge in [0, 0.05) is 84.1 Å². The third kappa shape index (κ3) is 49.0. The molecule has 10 N–H and O–H groups in total. The summed E-state index contributed by atoms with van der Waals surface area (Å²) in [5, 5.41) is 31.3. The van der Waals surface area contributed by atoms with Gasteiger partial charge in [-0.05, 0) is 101 Å². The molecule has 35 heteroatoms. The summed E-state index contributed by atoms with van der Waals surface area (Å²) in [6.45, 7) is 26.9. The van der Waals surface area contributed by atoms with E-state index in [1.807, 2.05) is 5.06 Å². The Morgan fingerprint density at radius 3 is 1.33 bits per heavy atom. The number of hydrogen-bond donors (Lipinski definition) is 9. The van der Waals surface area contributed by atoms with Crippen LogP contribution in [-0.4, -0.2) is 158 Å². The Labute approximate surface area is 520 Å². The van der Waals surface area contributed by atoms with Crippen LogP contribution in [0.5, 0.6) is 0 Å². The fourth-order valence-electron chi connectivity index (χ4n) is 5.79. The summed E-state index contributed by atoms with van der Waals surface area (Å²) < 4.78 is 58.7. The zero-order valence-corrected chi connectivity index (χ0v) is 54.0. The first-order valence-corrected chi connectivity index (χ1v) is 31.3. The van der Waals surface area contributed by atoms with Gasteiger partial charge in [0.2, 0.25) is 29.1 Å². The van der Waals surface area contributed by atoms with Crippen molar-refractivity contribution in [3.8, 4) is 0 Å². The van der Waals surface area contributed by atoms with Crippen molar-refractivity contribution in [2.45, 2.75) is 152 Å². The molecule has 0 spiro atoms. The first kappa shape index (κ1) is 82.9. The van der Waals surface area contributed by atoms with Gasteiger partial charge in [-0.15, -0.1) is 0 Å². The van der Waals surface area contributed by atoms with E-state index in [-0.39, 0.29) is 31.3 Å². The molecular formula is C47H94ClIN18O12S2V-2. The van der Waals surface area contributed by atoms with E-state index in [1.165, 1.54) is 32.1 Å². The molecule has 0 aromatic carbocycles. The van der Waals surface area contributed by atoms with Crippen LogP contribution in [0.25, 0.3) is 0 Å². The van der Waals surface area contributed by atoms with Crippen molar-refractivity contribution in [1.29, 1.82) is 0 Å². The summed E-state index contributed by atoms with van der Waals surface area (Å²) in [5.41, 5.74) is 2.78. The number of rotatable bonds is 22. The van der Waals surface area contributed by atoms with Gasteiger partial charge in [0.25, 0.3) is 5.95 Å². The van der Waals surface area contributed by atoms with Crippen molar-refractivity contribution < 1.29 is 78.7 Å². The van der Waals surface area contributed by atoms with Crippen molar-refractivity contribution in [2.24, 2.45) is 0 Å². The molecule has 1 atom stereocenters. The zero-order valence-electron chi connectivity index (χ0n) is 48.1. The molecule has 4 saturated heterocycles. The van der Waals surface area contributed by atoms with Gasteiger partial charge in [-0.3, -0.25) is 18.4 Å². The predicted molar refractivity (Wildman–Crippen MR) is 324 cm³/mol. The van der Waals surface area contributed by atoms with E-state index in [0.717, 1.165) is 162 Å². The van der Waals surface area contributed by atoms with Gasteiger partial charge in [-0.2, -0.15) is 49.8 Å². The second-order valence-corrected chi connectivity index (χ2v) is 19.4. The molecule has 0 aliphatic carbocycles. The van der Waals surface area contributed by atoms with E-state index < -0.39 is 21.8 Å². The topological polar surface area (TPSA) is 392 Å². The number of anilines is 8. The normalized spacial score (nSPS) is 14.5. The van der Waals surface area contributed by atoms with E-state index in [0.29, 0.717) is 41.6 Å². The summed E-state index contributed by atoms with van der Waals surface area (Å²) in [6.07, 6.45) is 16.8. The van der Waals surface area contributed by atoms with Gasteiger partial charge in [-0.25, -0.2) is 24.6 Å². The molecule has 30 nitrogen and oxygen atoms in total. The van der Waals surface area contributed by atoms with Crippen molar-refractivity contribution in [2.75, 3.05) is 134 Å². The van der Waals surface area contributed by atoms with Gasteiger partial charge in [0.05, 0.1) is 37.7 Å². The maximum atomic E-state index is 8.83. The van der Waals surface area contributed by atoms with Crippen molar-refractivity contribution in [1.82, 2.24) is 45.4 Å². The minimum atomic E-state index is -4.67. The number of hydrogen-bond acceptors (Lipinski definition) is 27. The molecule has 4 fully saturated rings. The quantitative estimate of drug-likeness (QED) is 0.0124. The molecule has 0 saturated carbocycles. The number of H-pyrrole nitrogens is 1. The minimum Gasteiger partial charge on any atom is -0.750 e. The maximum absolute atomic E-state index is 8.83. The monoisotopic (exact) mass is 1380 g/mol. The average Bonchev–Trinajstić information content (AvgIpc) is 4.17. The molecule has 3 aromatic heterocycles. The van der Waals surface area contributed by atoms with E-state index in [2.05, 4.69) is 162 Å². The number of aromatic nitrogens is 9. The molecule has 4 aliphatic rings. The Morgan fingerprint density at radius 2 is 1.02 bits per heavy atom. The predicted octanol–water partition coefficient (Wildman–Crippen LogP) is 6.83. The average molecular weight is 1380 g/mol. The molecule has 1 radical (unpaired) electrons. The number of nitrogens with zero attached hydrogens (tertiary/aromatic N) is 10. The first-order valence-electron chi connectivity index (χ1n) is 27.3. The molecular weight excluding hydrogens is 1290 g/mol. The smallest absolute Gasteiger partial charge is 0.394 e. The number of nitrogens with one attached hydrogen (secondary N) is 8. The van der Waals surface area contributed by atoms with Gasteiger partial charge >= 0.3 is 28.2 Å². The molecule has 3 aromatic rings. The Morgan fingerprint density at radius 1 is 0.646 bits per heavy atom.